The highest BCUT2D eigenvalue weighted by Crippen LogP contribution is 2.14. The van der Waals surface area contributed by atoms with E-state index in [1.54, 1.807) is 6.92 Å². The summed E-state index contributed by atoms with van der Waals surface area (Å²) in [5.41, 5.74) is -0.0994. The highest BCUT2D eigenvalue weighted by Gasteiger charge is 2.25. The fourth-order valence-corrected chi connectivity index (χ4v) is 1.68. The maximum atomic E-state index is 11.9. The van der Waals surface area contributed by atoms with Crippen LogP contribution in [0.25, 0.3) is 11.4 Å². The van der Waals surface area contributed by atoms with Crippen molar-refractivity contribution >= 4 is 5.91 Å². The van der Waals surface area contributed by atoms with Crippen LogP contribution in [0.15, 0.2) is 30.3 Å². The monoisotopic (exact) mass is 303 g/mol. The lowest BCUT2D eigenvalue weighted by Crippen LogP contribution is -2.45. The standard InChI is InChI=1S/C15H21N5O2/c1-11(2)15(3,22)10-16-13(21)9-20-18-14(17-19-20)12-7-5-4-6-8-12/h4-8,11,22H,9-10H2,1-3H3,(H,16,21). The van der Waals surface area contributed by atoms with Crippen LogP contribution >= 0.6 is 0 Å². The minimum Gasteiger partial charge on any atom is -0.388 e. The molecule has 1 aromatic carbocycles. The van der Waals surface area contributed by atoms with E-state index < -0.39 is 5.60 Å². The van der Waals surface area contributed by atoms with Crippen molar-refractivity contribution in [2.75, 3.05) is 6.54 Å². The first-order chi connectivity index (χ1) is 10.4. The number of nitrogens with one attached hydrogen (secondary N) is 1. The van der Waals surface area contributed by atoms with Gasteiger partial charge < -0.3 is 10.4 Å². The molecule has 22 heavy (non-hydrogen) atoms. The van der Waals surface area contributed by atoms with Crippen LogP contribution < -0.4 is 5.32 Å². The second-order valence-electron chi connectivity index (χ2n) is 5.80. The van der Waals surface area contributed by atoms with Crippen LogP contribution in [0, 0.1) is 5.92 Å². The van der Waals surface area contributed by atoms with Crippen molar-refractivity contribution in [2.45, 2.75) is 32.9 Å². The number of benzene rings is 1. The van der Waals surface area contributed by atoms with Crippen molar-refractivity contribution in [1.29, 1.82) is 0 Å². The minimum absolute atomic E-state index is 0.0337. The summed E-state index contributed by atoms with van der Waals surface area (Å²) in [6, 6.07) is 9.43. The Labute approximate surface area is 129 Å². The van der Waals surface area contributed by atoms with Gasteiger partial charge in [-0.1, -0.05) is 44.2 Å². The van der Waals surface area contributed by atoms with E-state index in [2.05, 4.69) is 20.7 Å². The Hall–Kier alpha value is -2.28. The molecule has 1 atom stereocenters. The molecule has 0 fully saturated rings. The van der Waals surface area contributed by atoms with Crippen molar-refractivity contribution in [3.8, 4) is 11.4 Å². The lowest BCUT2D eigenvalue weighted by atomic mass is 9.92. The Kier molecular flexibility index (Phi) is 4.87. The maximum absolute atomic E-state index is 11.9. The Morgan fingerprint density at radius 3 is 2.68 bits per heavy atom. The molecule has 2 rings (SSSR count). The molecule has 2 aromatic rings. The number of hydrogen-bond acceptors (Lipinski definition) is 5. The summed E-state index contributed by atoms with van der Waals surface area (Å²) in [5.74, 6) is 0.252. The summed E-state index contributed by atoms with van der Waals surface area (Å²) in [5, 5.41) is 24.7. The number of aliphatic hydroxyl groups is 1. The maximum Gasteiger partial charge on any atom is 0.243 e. The third-order valence-corrected chi connectivity index (χ3v) is 3.66. The van der Waals surface area contributed by atoms with E-state index >= 15 is 0 Å². The van der Waals surface area contributed by atoms with Gasteiger partial charge in [0.05, 0.1) is 5.60 Å². The van der Waals surface area contributed by atoms with Crippen molar-refractivity contribution < 1.29 is 9.90 Å². The van der Waals surface area contributed by atoms with Gasteiger partial charge in [-0.05, 0) is 18.1 Å². The zero-order valence-corrected chi connectivity index (χ0v) is 13.0. The Morgan fingerprint density at radius 1 is 1.36 bits per heavy atom. The van der Waals surface area contributed by atoms with Crippen molar-refractivity contribution in [3.63, 3.8) is 0 Å². The third kappa shape index (κ3) is 4.11. The molecule has 0 saturated carbocycles. The van der Waals surface area contributed by atoms with E-state index in [9.17, 15) is 9.90 Å². The van der Waals surface area contributed by atoms with Gasteiger partial charge in [0.1, 0.15) is 6.54 Å². The summed E-state index contributed by atoms with van der Waals surface area (Å²) < 4.78 is 0. The van der Waals surface area contributed by atoms with Crippen molar-refractivity contribution in [2.24, 2.45) is 5.92 Å². The van der Waals surface area contributed by atoms with Gasteiger partial charge in [-0.25, -0.2) is 0 Å². The minimum atomic E-state index is -0.944. The molecule has 1 heterocycles. The van der Waals surface area contributed by atoms with Gasteiger partial charge >= 0.3 is 0 Å². The number of carbonyl (C=O) groups excluding carboxylic acids is 1. The second kappa shape index (κ2) is 6.65. The van der Waals surface area contributed by atoms with Gasteiger partial charge in [-0.15, -0.1) is 10.2 Å². The molecule has 7 heteroatoms. The Balaban J connectivity index is 1.92. The number of rotatable bonds is 6. The van der Waals surface area contributed by atoms with Gasteiger partial charge in [0.25, 0.3) is 0 Å². The second-order valence-corrected chi connectivity index (χ2v) is 5.80. The molecule has 7 nitrogen and oxygen atoms in total. The Morgan fingerprint density at radius 2 is 2.05 bits per heavy atom. The average Bonchev–Trinajstić information content (AvgIpc) is 2.94. The largest absolute Gasteiger partial charge is 0.388 e. The summed E-state index contributed by atoms with van der Waals surface area (Å²) in [6.45, 7) is 5.64. The fourth-order valence-electron chi connectivity index (χ4n) is 1.68. The van der Waals surface area contributed by atoms with E-state index in [0.717, 1.165) is 5.56 Å². The van der Waals surface area contributed by atoms with Gasteiger partial charge in [-0.2, -0.15) is 4.80 Å². The fraction of sp³-hybridized carbons (Fsp3) is 0.467. The van der Waals surface area contributed by atoms with E-state index in [-0.39, 0.29) is 24.9 Å². The van der Waals surface area contributed by atoms with Crippen LogP contribution in [-0.4, -0.2) is 43.4 Å². The van der Waals surface area contributed by atoms with Gasteiger partial charge in [0.2, 0.25) is 11.7 Å². The van der Waals surface area contributed by atoms with Crippen LogP contribution in [-0.2, 0) is 11.3 Å². The number of amides is 1. The van der Waals surface area contributed by atoms with Crippen LogP contribution in [0.3, 0.4) is 0 Å². The van der Waals surface area contributed by atoms with E-state index in [1.165, 1.54) is 4.80 Å². The Bertz CT molecular complexity index is 622. The number of hydrogen-bond donors (Lipinski definition) is 2. The van der Waals surface area contributed by atoms with Gasteiger partial charge in [-0.3, -0.25) is 4.79 Å². The van der Waals surface area contributed by atoms with Crippen LogP contribution in [0.2, 0.25) is 0 Å². The predicted octanol–water partition coefficient (Wildman–Crippen LogP) is 0.863. The quantitative estimate of drug-likeness (QED) is 0.825. The molecule has 0 aliphatic carbocycles. The third-order valence-electron chi connectivity index (χ3n) is 3.66. The van der Waals surface area contributed by atoms with Crippen LogP contribution in [0.1, 0.15) is 20.8 Å². The van der Waals surface area contributed by atoms with Crippen molar-refractivity contribution in [3.05, 3.63) is 30.3 Å². The summed E-state index contributed by atoms with van der Waals surface area (Å²) in [6.07, 6.45) is 0. The molecule has 118 valence electrons. The SMILES string of the molecule is CC(C)C(C)(O)CNC(=O)Cn1nnc(-c2ccccc2)n1. The zero-order valence-electron chi connectivity index (χ0n) is 13.0. The first-order valence-electron chi connectivity index (χ1n) is 7.21. The lowest BCUT2D eigenvalue weighted by Gasteiger charge is -2.27. The predicted molar refractivity (Wildman–Crippen MR) is 81.7 cm³/mol. The molecule has 2 N–H and O–H groups in total. The molecule has 0 spiro atoms. The molecule has 1 unspecified atom stereocenters. The van der Waals surface area contributed by atoms with E-state index in [4.69, 9.17) is 0 Å². The van der Waals surface area contributed by atoms with Gasteiger partial charge in [0, 0.05) is 12.1 Å². The average molecular weight is 303 g/mol. The molecular formula is C15H21N5O2. The van der Waals surface area contributed by atoms with Crippen LogP contribution in [0.5, 0.6) is 0 Å². The molecule has 1 amide bonds. The highest BCUT2D eigenvalue weighted by molar-refractivity contribution is 5.75. The molecule has 0 aliphatic rings. The van der Waals surface area contributed by atoms with Crippen molar-refractivity contribution in [1.82, 2.24) is 25.5 Å². The number of carbonyl (C=O) groups is 1. The topological polar surface area (TPSA) is 92.9 Å². The normalized spacial score (nSPS) is 13.9. The number of nitrogens with zero attached hydrogens (tertiary/aromatic N) is 4. The smallest absolute Gasteiger partial charge is 0.243 e. The first kappa shape index (κ1) is 16.1. The van der Waals surface area contributed by atoms with Crippen LogP contribution in [0.4, 0.5) is 0 Å². The molecule has 0 saturated heterocycles. The molecule has 0 aliphatic heterocycles. The molecule has 0 radical (unpaired) electrons. The van der Waals surface area contributed by atoms with E-state index in [1.807, 2.05) is 44.2 Å². The lowest BCUT2D eigenvalue weighted by molar-refractivity contribution is -0.123. The summed E-state index contributed by atoms with van der Waals surface area (Å²) in [4.78, 5) is 13.1. The molecule has 0 bridgehead atoms. The highest BCUT2D eigenvalue weighted by atomic mass is 16.3. The van der Waals surface area contributed by atoms with E-state index in [0.29, 0.717) is 5.82 Å². The first-order valence-corrected chi connectivity index (χ1v) is 7.21. The number of aromatic nitrogens is 4. The zero-order chi connectivity index (χ0) is 16.2. The molecular weight excluding hydrogens is 282 g/mol. The van der Waals surface area contributed by atoms with Gasteiger partial charge in [0.15, 0.2) is 0 Å². The summed E-state index contributed by atoms with van der Waals surface area (Å²) >= 11 is 0. The number of tetrazole rings is 1. The molecule has 1 aromatic heterocycles. The summed E-state index contributed by atoms with van der Waals surface area (Å²) in [7, 11) is 0.